The van der Waals surface area contributed by atoms with E-state index in [1.807, 2.05) is 19.9 Å². The van der Waals surface area contributed by atoms with Gasteiger partial charge in [-0.2, -0.15) is 0 Å². The maximum atomic E-state index is 11.6. The molecule has 1 N–H and O–H groups in total. The Labute approximate surface area is 178 Å². The summed E-state index contributed by atoms with van der Waals surface area (Å²) < 4.78 is 12.0. The Hall–Kier alpha value is -2.30. The summed E-state index contributed by atoms with van der Waals surface area (Å²) in [6, 6.07) is 6.14. The van der Waals surface area contributed by atoms with Crippen LogP contribution in [0.2, 0.25) is 0 Å². The molecule has 1 heterocycles. The summed E-state index contributed by atoms with van der Waals surface area (Å²) in [6.45, 7) is 4.52. The molecular formula is C25H33NO4. The van der Waals surface area contributed by atoms with Crippen LogP contribution in [-0.4, -0.2) is 22.7 Å². The van der Waals surface area contributed by atoms with Crippen LogP contribution in [0.4, 0.5) is 0 Å². The molecular weight excluding hydrogens is 378 g/mol. The molecule has 4 rings (SSSR count). The van der Waals surface area contributed by atoms with Crippen molar-refractivity contribution >= 4 is 5.97 Å². The Morgan fingerprint density at radius 3 is 2.80 bits per heavy atom. The summed E-state index contributed by atoms with van der Waals surface area (Å²) in [4.78, 5) is 16.3. The lowest BCUT2D eigenvalue weighted by atomic mass is 9.85. The van der Waals surface area contributed by atoms with Gasteiger partial charge < -0.3 is 14.3 Å². The number of hydrogen-bond acceptors (Lipinski definition) is 4. The minimum atomic E-state index is -0.689. The van der Waals surface area contributed by atoms with E-state index in [2.05, 4.69) is 12.1 Å². The fourth-order valence-electron chi connectivity index (χ4n) is 5.24. The zero-order chi connectivity index (χ0) is 21.1. The van der Waals surface area contributed by atoms with Crippen molar-refractivity contribution in [2.24, 2.45) is 5.92 Å². The predicted octanol–water partition coefficient (Wildman–Crippen LogP) is 5.79. The van der Waals surface area contributed by atoms with Gasteiger partial charge in [-0.15, -0.1) is 0 Å². The number of aliphatic carboxylic acids is 1. The number of benzene rings is 1. The van der Waals surface area contributed by atoms with E-state index < -0.39 is 5.97 Å². The average molecular weight is 412 g/mol. The molecule has 30 heavy (non-hydrogen) atoms. The van der Waals surface area contributed by atoms with Gasteiger partial charge in [0.15, 0.2) is 5.89 Å². The van der Waals surface area contributed by atoms with Crippen molar-refractivity contribution in [3.63, 3.8) is 0 Å². The van der Waals surface area contributed by atoms with E-state index in [0.717, 1.165) is 42.4 Å². The molecule has 1 saturated carbocycles. The minimum absolute atomic E-state index is 0.118. The molecule has 1 aromatic carbocycles. The molecule has 1 aromatic heterocycles. The van der Waals surface area contributed by atoms with Crippen LogP contribution in [0.15, 0.2) is 22.6 Å². The Morgan fingerprint density at radius 2 is 2.07 bits per heavy atom. The quantitative estimate of drug-likeness (QED) is 0.595. The summed E-state index contributed by atoms with van der Waals surface area (Å²) in [6.07, 6.45) is 9.48. The first-order chi connectivity index (χ1) is 14.6. The van der Waals surface area contributed by atoms with Gasteiger partial charge in [0, 0.05) is 12.3 Å². The van der Waals surface area contributed by atoms with E-state index in [1.165, 1.54) is 43.2 Å². The SMILES string of the molecule is CCC(C(=O)O)C1CCc2cc(OCCc3nc(C4CCCCC4)oc3C)ccc21. The fraction of sp³-hybridized carbons (Fsp3) is 0.600. The van der Waals surface area contributed by atoms with Gasteiger partial charge in [-0.25, -0.2) is 4.98 Å². The molecule has 0 saturated heterocycles. The molecule has 0 spiro atoms. The zero-order valence-electron chi connectivity index (χ0n) is 18.2. The topological polar surface area (TPSA) is 72.6 Å². The van der Waals surface area contributed by atoms with Gasteiger partial charge in [0.2, 0.25) is 0 Å². The van der Waals surface area contributed by atoms with Gasteiger partial charge >= 0.3 is 5.97 Å². The highest BCUT2D eigenvalue weighted by molar-refractivity contribution is 5.71. The standard InChI is InChI=1S/C25H33NO4/c1-3-20(25(27)28)22-11-9-18-15-19(10-12-21(18)22)29-14-13-23-16(2)30-24(26-23)17-7-5-4-6-8-17/h10,12,15,17,20,22H,3-9,11,13-14H2,1-2H3,(H,27,28). The number of carboxylic acids is 1. The lowest BCUT2D eigenvalue weighted by Crippen LogP contribution is -2.19. The maximum Gasteiger partial charge on any atom is 0.307 e. The number of aryl methyl sites for hydroxylation is 2. The number of fused-ring (bicyclic) bond motifs is 1. The Balaban J connectivity index is 1.35. The number of oxazole rings is 1. The third-order valence-electron chi connectivity index (χ3n) is 6.95. The highest BCUT2D eigenvalue weighted by Crippen LogP contribution is 2.41. The van der Waals surface area contributed by atoms with Crippen LogP contribution in [0.1, 0.15) is 92.2 Å². The number of carboxylic acid groups (broad SMARTS) is 1. The molecule has 0 bridgehead atoms. The van der Waals surface area contributed by atoms with Crippen LogP contribution >= 0.6 is 0 Å². The number of nitrogens with zero attached hydrogens (tertiary/aromatic N) is 1. The van der Waals surface area contributed by atoms with Crippen LogP contribution in [0.5, 0.6) is 5.75 Å². The first-order valence-corrected chi connectivity index (χ1v) is 11.5. The first-order valence-electron chi connectivity index (χ1n) is 11.5. The van der Waals surface area contributed by atoms with Crippen molar-refractivity contribution in [1.29, 1.82) is 0 Å². The largest absolute Gasteiger partial charge is 0.493 e. The molecule has 1 fully saturated rings. The summed E-state index contributed by atoms with van der Waals surface area (Å²) in [5.41, 5.74) is 3.42. The van der Waals surface area contributed by atoms with E-state index >= 15 is 0 Å². The number of carbonyl (C=O) groups is 1. The monoisotopic (exact) mass is 411 g/mol. The number of hydrogen-bond donors (Lipinski definition) is 1. The van der Waals surface area contributed by atoms with Gasteiger partial charge in [0.05, 0.1) is 18.2 Å². The van der Waals surface area contributed by atoms with Gasteiger partial charge in [-0.1, -0.05) is 32.3 Å². The molecule has 2 aromatic rings. The number of aromatic nitrogens is 1. The smallest absolute Gasteiger partial charge is 0.307 e. The van der Waals surface area contributed by atoms with Crippen molar-refractivity contribution in [3.8, 4) is 5.75 Å². The molecule has 2 aliphatic rings. The first kappa shape index (κ1) is 21.0. The summed E-state index contributed by atoms with van der Waals surface area (Å²) in [7, 11) is 0. The zero-order valence-corrected chi connectivity index (χ0v) is 18.2. The fourth-order valence-corrected chi connectivity index (χ4v) is 5.24. The average Bonchev–Trinajstić information content (AvgIpc) is 3.33. The van der Waals surface area contributed by atoms with Crippen LogP contribution in [0.25, 0.3) is 0 Å². The van der Waals surface area contributed by atoms with Gasteiger partial charge in [-0.3, -0.25) is 4.79 Å². The summed E-state index contributed by atoms with van der Waals surface area (Å²) in [5.74, 6) is 2.29. The molecule has 5 nitrogen and oxygen atoms in total. The number of rotatable bonds is 8. The van der Waals surface area contributed by atoms with Crippen molar-refractivity contribution in [1.82, 2.24) is 4.98 Å². The van der Waals surface area contributed by atoms with E-state index in [0.29, 0.717) is 18.9 Å². The Bertz CT molecular complexity index is 881. The van der Waals surface area contributed by atoms with Crippen molar-refractivity contribution in [3.05, 3.63) is 46.7 Å². The highest BCUT2D eigenvalue weighted by Gasteiger charge is 2.33. The molecule has 0 radical (unpaired) electrons. The lowest BCUT2D eigenvalue weighted by Gasteiger charge is -2.19. The van der Waals surface area contributed by atoms with E-state index in [1.54, 1.807) is 0 Å². The van der Waals surface area contributed by atoms with Crippen LogP contribution in [0, 0.1) is 12.8 Å². The maximum absolute atomic E-state index is 11.6. The van der Waals surface area contributed by atoms with Gasteiger partial charge in [0.25, 0.3) is 0 Å². The highest BCUT2D eigenvalue weighted by atomic mass is 16.5. The van der Waals surface area contributed by atoms with Crippen LogP contribution in [0.3, 0.4) is 0 Å². The minimum Gasteiger partial charge on any atom is -0.493 e. The Morgan fingerprint density at radius 1 is 1.27 bits per heavy atom. The van der Waals surface area contributed by atoms with E-state index in [9.17, 15) is 9.90 Å². The predicted molar refractivity (Wildman–Crippen MR) is 115 cm³/mol. The second-order valence-corrected chi connectivity index (χ2v) is 8.85. The second-order valence-electron chi connectivity index (χ2n) is 8.85. The van der Waals surface area contributed by atoms with Gasteiger partial charge in [0.1, 0.15) is 11.5 Å². The normalized spacial score (nSPS) is 20.1. The Kier molecular flexibility index (Phi) is 6.45. The van der Waals surface area contributed by atoms with Crippen molar-refractivity contribution < 1.29 is 19.1 Å². The molecule has 2 atom stereocenters. The van der Waals surface area contributed by atoms with E-state index in [4.69, 9.17) is 14.1 Å². The molecule has 162 valence electrons. The van der Waals surface area contributed by atoms with E-state index in [-0.39, 0.29) is 11.8 Å². The molecule has 2 aliphatic carbocycles. The molecule has 0 aliphatic heterocycles. The number of ether oxygens (including phenoxy) is 1. The van der Waals surface area contributed by atoms with Crippen LogP contribution < -0.4 is 4.74 Å². The molecule has 0 amide bonds. The van der Waals surface area contributed by atoms with Crippen LogP contribution in [-0.2, 0) is 17.6 Å². The molecule has 5 heteroatoms. The lowest BCUT2D eigenvalue weighted by molar-refractivity contribution is -0.142. The third-order valence-corrected chi connectivity index (χ3v) is 6.95. The molecule has 2 unspecified atom stereocenters. The summed E-state index contributed by atoms with van der Waals surface area (Å²) >= 11 is 0. The summed E-state index contributed by atoms with van der Waals surface area (Å²) in [5, 5.41) is 9.51. The van der Waals surface area contributed by atoms with Crippen molar-refractivity contribution in [2.75, 3.05) is 6.61 Å². The third kappa shape index (κ3) is 4.40. The van der Waals surface area contributed by atoms with Crippen molar-refractivity contribution in [2.45, 2.75) is 83.5 Å². The second kappa shape index (κ2) is 9.23. The van der Waals surface area contributed by atoms with Gasteiger partial charge in [-0.05, 0) is 68.2 Å².